The third-order valence-corrected chi connectivity index (χ3v) is 5.93. The Balaban J connectivity index is 1.39. The second-order valence-corrected chi connectivity index (χ2v) is 9.49. The summed E-state index contributed by atoms with van der Waals surface area (Å²) in [6.45, 7) is 1.29. The van der Waals surface area contributed by atoms with Crippen molar-refractivity contribution in [1.82, 2.24) is 9.88 Å². The fourth-order valence-corrected chi connectivity index (χ4v) is 4.42. The molecule has 2 heterocycles. The number of carbonyl (C=O) groups is 1. The van der Waals surface area contributed by atoms with Crippen molar-refractivity contribution in [3.05, 3.63) is 65.5 Å². The Labute approximate surface area is 164 Å². The number of piperidine rings is 1. The maximum Gasteiger partial charge on any atom is 0.253 e. The van der Waals surface area contributed by atoms with Gasteiger partial charge in [0, 0.05) is 30.8 Å². The molecule has 0 N–H and O–H groups in total. The SMILES string of the molecule is CS(=O)(=O)Cc1ccc(C(=O)N2CCC(c3nc4ccccc4o3)CC2)cc1. The topological polar surface area (TPSA) is 80.5 Å². The lowest BCUT2D eigenvalue weighted by molar-refractivity contribution is 0.0706. The van der Waals surface area contributed by atoms with Crippen molar-refractivity contribution in [2.75, 3.05) is 19.3 Å². The highest BCUT2D eigenvalue weighted by Crippen LogP contribution is 2.30. The van der Waals surface area contributed by atoms with Crippen LogP contribution < -0.4 is 0 Å². The van der Waals surface area contributed by atoms with Gasteiger partial charge in [-0.3, -0.25) is 4.79 Å². The van der Waals surface area contributed by atoms with E-state index in [4.69, 9.17) is 4.42 Å². The standard InChI is InChI=1S/C21H22N2O4S/c1-28(25,26)14-15-6-8-17(9-7-15)21(24)23-12-10-16(11-13-23)20-22-18-4-2-3-5-19(18)27-20/h2-9,16H,10-14H2,1H3. The molecule has 7 heteroatoms. The molecule has 3 aromatic rings. The summed E-state index contributed by atoms with van der Waals surface area (Å²) in [5, 5.41) is 0. The molecule has 1 fully saturated rings. The van der Waals surface area contributed by atoms with Crippen LogP contribution in [0.4, 0.5) is 0 Å². The first-order valence-corrected chi connectivity index (χ1v) is 11.4. The highest BCUT2D eigenvalue weighted by atomic mass is 32.2. The average molecular weight is 398 g/mol. The van der Waals surface area contributed by atoms with Crippen LogP contribution in [0.2, 0.25) is 0 Å². The molecule has 1 aliphatic rings. The third-order valence-electron chi connectivity index (χ3n) is 5.07. The van der Waals surface area contributed by atoms with Gasteiger partial charge in [0.2, 0.25) is 0 Å². The Morgan fingerprint density at radius 1 is 1.11 bits per heavy atom. The molecule has 1 amide bonds. The summed E-state index contributed by atoms with van der Waals surface area (Å²) in [6.07, 6.45) is 2.82. The monoisotopic (exact) mass is 398 g/mol. The Morgan fingerprint density at radius 3 is 2.43 bits per heavy atom. The number of hydrogen-bond acceptors (Lipinski definition) is 5. The summed E-state index contributed by atoms with van der Waals surface area (Å²) in [6, 6.07) is 14.5. The van der Waals surface area contributed by atoms with Crippen molar-refractivity contribution in [2.24, 2.45) is 0 Å². The summed E-state index contributed by atoms with van der Waals surface area (Å²) in [5.41, 5.74) is 2.93. The van der Waals surface area contributed by atoms with Crippen LogP contribution in [0, 0.1) is 0 Å². The summed E-state index contributed by atoms with van der Waals surface area (Å²) in [4.78, 5) is 19.2. The number of para-hydroxylation sites is 2. The highest BCUT2D eigenvalue weighted by molar-refractivity contribution is 7.89. The van der Waals surface area contributed by atoms with E-state index in [9.17, 15) is 13.2 Å². The number of oxazole rings is 1. The lowest BCUT2D eigenvalue weighted by Gasteiger charge is -2.30. The molecule has 1 aromatic heterocycles. The predicted octanol–water partition coefficient (Wildman–Crippen LogP) is 3.39. The second kappa shape index (κ2) is 7.39. The van der Waals surface area contributed by atoms with Gasteiger partial charge in [-0.25, -0.2) is 13.4 Å². The molecule has 6 nitrogen and oxygen atoms in total. The van der Waals surface area contributed by atoms with Crippen LogP contribution in [0.1, 0.15) is 40.6 Å². The number of amides is 1. The zero-order valence-electron chi connectivity index (χ0n) is 15.7. The molecule has 146 valence electrons. The molecule has 0 saturated carbocycles. The van der Waals surface area contributed by atoms with E-state index in [1.165, 1.54) is 6.26 Å². The first-order valence-electron chi connectivity index (χ1n) is 9.30. The van der Waals surface area contributed by atoms with E-state index in [1.807, 2.05) is 29.2 Å². The highest BCUT2D eigenvalue weighted by Gasteiger charge is 2.27. The summed E-state index contributed by atoms with van der Waals surface area (Å²) < 4.78 is 28.6. The van der Waals surface area contributed by atoms with Gasteiger partial charge in [0.15, 0.2) is 21.3 Å². The predicted molar refractivity (Wildman–Crippen MR) is 107 cm³/mol. The molecule has 0 atom stereocenters. The van der Waals surface area contributed by atoms with Gasteiger partial charge in [-0.2, -0.15) is 0 Å². The number of sulfone groups is 1. The maximum atomic E-state index is 12.7. The fraction of sp³-hybridized carbons (Fsp3) is 0.333. The van der Waals surface area contributed by atoms with Crippen molar-refractivity contribution >= 4 is 26.8 Å². The van der Waals surface area contributed by atoms with Gasteiger partial charge >= 0.3 is 0 Å². The molecule has 28 heavy (non-hydrogen) atoms. The molecular formula is C21H22N2O4S. The van der Waals surface area contributed by atoms with Gasteiger partial charge in [0.1, 0.15) is 5.52 Å². The normalized spacial score (nSPS) is 15.8. The first kappa shape index (κ1) is 18.7. The van der Waals surface area contributed by atoms with E-state index in [1.54, 1.807) is 24.3 Å². The number of carbonyl (C=O) groups excluding carboxylic acids is 1. The van der Waals surface area contributed by atoms with Gasteiger partial charge in [-0.1, -0.05) is 24.3 Å². The molecule has 0 spiro atoms. The molecule has 2 aromatic carbocycles. The first-order chi connectivity index (χ1) is 13.4. The van der Waals surface area contributed by atoms with Crippen LogP contribution in [0.25, 0.3) is 11.1 Å². The molecule has 0 bridgehead atoms. The minimum atomic E-state index is -3.08. The van der Waals surface area contributed by atoms with Crippen molar-refractivity contribution in [1.29, 1.82) is 0 Å². The zero-order valence-corrected chi connectivity index (χ0v) is 16.5. The van der Waals surface area contributed by atoms with Crippen molar-refractivity contribution in [3.8, 4) is 0 Å². The minimum Gasteiger partial charge on any atom is -0.440 e. The number of nitrogens with zero attached hydrogens (tertiary/aromatic N) is 2. The number of benzene rings is 2. The third kappa shape index (κ3) is 4.09. The van der Waals surface area contributed by atoms with Crippen LogP contribution in [0.3, 0.4) is 0 Å². The van der Waals surface area contributed by atoms with Crippen LogP contribution in [0.15, 0.2) is 52.9 Å². The second-order valence-electron chi connectivity index (χ2n) is 7.35. The molecule has 0 unspecified atom stereocenters. The zero-order chi connectivity index (χ0) is 19.7. The van der Waals surface area contributed by atoms with E-state index < -0.39 is 9.84 Å². The van der Waals surface area contributed by atoms with Crippen LogP contribution >= 0.6 is 0 Å². The van der Waals surface area contributed by atoms with E-state index in [0.717, 1.165) is 29.8 Å². The number of fused-ring (bicyclic) bond motifs is 1. The lowest BCUT2D eigenvalue weighted by Crippen LogP contribution is -2.38. The average Bonchev–Trinajstić information content (AvgIpc) is 3.11. The largest absolute Gasteiger partial charge is 0.440 e. The Hall–Kier alpha value is -2.67. The van der Waals surface area contributed by atoms with Crippen LogP contribution in [-0.4, -0.2) is 43.6 Å². The van der Waals surface area contributed by atoms with Crippen LogP contribution in [0.5, 0.6) is 0 Å². The van der Waals surface area contributed by atoms with Gasteiger partial charge < -0.3 is 9.32 Å². The molecule has 0 aliphatic carbocycles. The number of aromatic nitrogens is 1. The van der Waals surface area contributed by atoms with E-state index in [2.05, 4.69) is 4.98 Å². The summed E-state index contributed by atoms with van der Waals surface area (Å²) in [5.74, 6) is 0.922. The van der Waals surface area contributed by atoms with E-state index in [0.29, 0.717) is 24.2 Å². The molecule has 1 saturated heterocycles. The van der Waals surface area contributed by atoms with Gasteiger partial charge in [-0.05, 0) is 42.7 Å². The molecule has 4 rings (SSSR count). The fourth-order valence-electron chi connectivity index (χ4n) is 3.62. The van der Waals surface area contributed by atoms with Gasteiger partial charge in [0.25, 0.3) is 5.91 Å². The quantitative estimate of drug-likeness (QED) is 0.673. The Bertz CT molecular complexity index is 1060. The summed E-state index contributed by atoms with van der Waals surface area (Å²) >= 11 is 0. The maximum absolute atomic E-state index is 12.7. The Morgan fingerprint density at radius 2 is 1.79 bits per heavy atom. The minimum absolute atomic E-state index is 0.0165. The summed E-state index contributed by atoms with van der Waals surface area (Å²) in [7, 11) is -3.08. The lowest BCUT2D eigenvalue weighted by atomic mass is 9.96. The molecule has 1 aliphatic heterocycles. The number of hydrogen-bond donors (Lipinski definition) is 0. The number of rotatable bonds is 4. The van der Waals surface area contributed by atoms with Crippen LogP contribution in [-0.2, 0) is 15.6 Å². The molecular weight excluding hydrogens is 376 g/mol. The van der Waals surface area contributed by atoms with Crippen molar-refractivity contribution in [2.45, 2.75) is 24.5 Å². The van der Waals surface area contributed by atoms with Gasteiger partial charge in [0.05, 0.1) is 5.75 Å². The van der Waals surface area contributed by atoms with E-state index >= 15 is 0 Å². The molecule has 0 radical (unpaired) electrons. The van der Waals surface area contributed by atoms with Crippen molar-refractivity contribution in [3.63, 3.8) is 0 Å². The van der Waals surface area contributed by atoms with Gasteiger partial charge in [-0.15, -0.1) is 0 Å². The smallest absolute Gasteiger partial charge is 0.253 e. The van der Waals surface area contributed by atoms with E-state index in [-0.39, 0.29) is 17.6 Å². The Kier molecular flexibility index (Phi) is 4.93. The van der Waals surface area contributed by atoms with Crippen molar-refractivity contribution < 1.29 is 17.6 Å². The number of likely N-dealkylation sites (tertiary alicyclic amines) is 1.